The number of hydrogen-bond acceptors (Lipinski definition) is 6. The van der Waals surface area contributed by atoms with E-state index in [-0.39, 0.29) is 11.5 Å². The number of primary amides is 1. The van der Waals surface area contributed by atoms with E-state index in [4.69, 9.17) is 5.73 Å². The highest BCUT2D eigenvalue weighted by atomic mass is 32.2. The molecule has 0 aliphatic carbocycles. The Bertz CT molecular complexity index is 1100. The van der Waals surface area contributed by atoms with E-state index < -0.39 is 11.2 Å². The Morgan fingerprint density at radius 3 is 2.67 bits per heavy atom. The Kier molecular flexibility index (Phi) is 5.33. The second-order valence-electron chi connectivity index (χ2n) is 6.04. The third-order valence-electron chi connectivity index (χ3n) is 4.07. The van der Waals surface area contributed by atoms with Crippen molar-refractivity contribution >= 4 is 50.8 Å². The standard InChI is InChI=1S/C18H18N4O3S2/c1-8-6-4-5-7-11(8)20-16(25)13-9(2)12-15(24)21-18(22-17(12)27-13)26-10(3)14(19)23/h4-7,10H,1-3H3,(H2,19,23)(H,20,25)(H,21,22,24). The molecule has 0 aliphatic rings. The number of carbonyl (C=O) groups excluding carboxylic acids is 2. The van der Waals surface area contributed by atoms with E-state index in [0.29, 0.717) is 31.5 Å². The Morgan fingerprint density at radius 1 is 1.30 bits per heavy atom. The van der Waals surface area contributed by atoms with Crippen LogP contribution in [0.1, 0.15) is 27.7 Å². The molecule has 2 amide bonds. The van der Waals surface area contributed by atoms with Crippen LogP contribution in [-0.4, -0.2) is 27.0 Å². The zero-order valence-corrected chi connectivity index (χ0v) is 16.6. The smallest absolute Gasteiger partial charge is 0.266 e. The van der Waals surface area contributed by atoms with E-state index in [1.165, 1.54) is 0 Å². The van der Waals surface area contributed by atoms with Gasteiger partial charge in [0, 0.05) is 5.69 Å². The van der Waals surface area contributed by atoms with Gasteiger partial charge in [-0.1, -0.05) is 30.0 Å². The molecule has 3 rings (SSSR count). The molecular formula is C18H18N4O3S2. The molecule has 0 bridgehead atoms. The van der Waals surface area contributed by atoms with E-state index in [2.05, 4.69) is 15.3 Å². The number of aryl methyl sites for hydroxylation is 2. The highest BCUT2D eigenvalue weighted by molar-refractivity contribution is 8.00. The van der Waals surface area contributed by atoms with Gasteiger partial charge >= 0.3 is 0 Å². The number of anilines is 1. The summed E-state index contributed by atoms with van der Waals surface area (Å²) in [5, 5.41) is 3.02. The first kappa shape index (κ1) is 19.1. The fourth-order valence-electron chi connectivity index (χ4n) is 2.51. The molecule has 3 aromatic rings. The highest BCUT2D eigenvalue weighted by Crippen LogP contribution is 2.30. The first-order valence-corrected chi connectivity index (χ1v) is 9.84. The zero-order chi connectivity index (χ0) is 19.7. The summed E-state index contributed by atoms with van der Waals surface area (Å²) in [6.45, 7) is 5.27. The van der Waals surface area contributed by atoms with Crippen LogP contribution in [0.25, 0.3) is 10.2 Å². The van der Waals surface area contributed by atoms with Gasteiger partial charge in [-0.3, -0.25) is 14.4 Å². The third kappa shape index (κ3) is 3.88. The second-order valence-corrected chi connectivity index (χ2v) is 8.37. The van der Waals surface area contributed by atoms with Gasteiger partial charge in [0.1, 0.15) is 4.83 Å². The lowest BCUT2D eigenvalue weighted by molar-refractivity contribution is -0.117. The van der Waals surface area contributed by atoms with Crippen molar-refractivity contribution < 1.29 is 9.59 Å². The summed E-state index contributed by atoms with van der Waals surface area (Å²) in [6, 6.07) is 7.46. The van der Waals surface area contributed by atoms with E-state index in [1.54, 1.807) is 13.8 Å². The number of carbonyl (C=O) groups is 2. The van der Waals surface area contributed by atoms with Crippen LogP contribution in [0, 0.1) is 13.8 Å². The number of thiophene rings is 1. The molecule has 1 aromatic carbocycles. The Morgan fingerprint density at radius 2 is 2.00 bits per heavy atom. The molecule has 140 valence electrons. The number of para-hydroxylation sites is 1. The molecule has 0 radical (unpaired) electrons. The number of nitrogens with one attached hydrogen (secondary N) is 2. The van der Waals surface area contributed by atoms with Crippen molar-refractivity contribution in [2.45, 2.75) is 31.2 Å². The number of aromatic amines is 1. The van der Waals surface area contributed by atoms with Gasteiger partial charge in [0.25, 0.3) is 11.5 Å². The topological polar surface area (TPSA) is 118 Å². The van der Waals surface area contributed by atoms with Crippen molar-refractivity contribution in [1.82, 2.24) is 9.97 Å². The molecule has 2 aromatic heterocycles. The lowest BCUT2D eigenvalue weighted by Crippen LogP contribution is -2.23. The summed E-state index contributed by atoms with van der Waals surface area (Å²) in [6.07, 6.45) is 0. The summed E-state index contributed by atoms with van der Waals surface area (Å²) in [4.78, 5) is 44.3. The van der Waals surface area contributed by atoms with E-state index in [9.17, 15) is 14.4 Å². The largest absolute Gasteiger partial charge is 0.369 e. The minimum absolute atomic E-state index is 0.288. The maximum Gasteiger partial charge on any atom is 0.266 e. The summed E-state index contributed by atoms with van der Waals surface area (Å²) < 4.78 is 0. The number of nitrogens with two attached hydrogens (primary N) is 1. The van der Waals surface area contributed by atoms with Crippen molar-refractivity contribution in [3.8, 4) is 0 Å². The molecule has 7 nitrogen and oxygen atoms in total. The number of H-pyrrole nitrogens is 1. The summed E-state index contributed by atoms with van der Waals surface area (Å²) in [5.41, 5.74) is 7.15. The summed E-state index contributed by atoms with van der Waals surface area (Å²) in [5.74, 6) is -0.785. The molecule has 0 aliphatic heterocycles. The lowest BCUT2D eigenvalue weighted by Gasteiger charge is -2.07. The zero-order valence-electron chi connectivity index (χ0n) is 15.0. The van der Waals surface area contributed by atoms with Gasteiger partial charge in [-0.15, -0.1) is 11.3 Å². The molecule has 2 heterocycles. The van der Waals surface area contributed by atoms with Crippen molar-refractivity contribution in [2.75, 3.05) is 5.32 Å². The van der Waals surface area contributed by atoms with Crippen LogP contribution in [0.5, 0.6) is 0 Å². The van der Waals surface area contributed by atoms with Crippen LogP contribution < -0.4 is 16.6 Å². The Hall–Kier alpha value is -2.65. The van der Waals surface area contributed by atoms with Gasteiger partial charge in [0.05, 0.1) is 15.5 Å². The number of rotatable bonds is 5. The van der Waals surface area contributed by atoms with Crippen molar-refractivity contribution in [2.24, 2.45) is 5.73 Å². The summed E-state index contributed by atoms with van der Waals surface area (Å²) in [7, 11) is 0. The molecule has 4 N–H and O–H groups in total. The van der Waals surface area contributed by atoms with Gasteiger partial charge in [-0.25, -0.2) is 4.98 Å². The first-order valence-electron chi connectivity index (χ1n) is 8.14. The van der Waals surface area contributed by atoms with Crippen molar-refractivity contribution in [3.05, 3.63) is 50.6 Å². The number of fused-ring (bicyclic) bond motifs is 1. The molecule has 27 heavy (non-hydrogen) atoms. The molecular weight excluding hydrogens is 384 g/mol. The van der Waals surface area contributed by atoms with Crippen LogP contribution in [-0.2, 0) is 4.79 Å². The van der Waals surface area contributed by atoms with Gasteiger partial charge in [0.2, 0.25) is 5.91 Å². The van der Waals surface area contributed by atoms with Gasteiger partial charge < -0.3 is 16.0 Å². The third-order valence-corrected chi connectivity index (χ3v) is 6.25. The van der Waals surface area contributed by atoms with Crippen molar-refractivity contribution in [1.29, 1.82) is 0 Å². The number of amides is 2. The molecule has 0 fully saturated rings. The molecule has 0 saturated carbocycles. The van der Waals surface area contributed by atoms with Crippen LogP contribution >= 0.6 is 23.1 Å². The lowest BCUT2D eigenvalue weighted by atomic mass is 10.2. The van der Waals surface area contributed by atoms with Crippen molar-refractivity contribution in [3.63, 3.8) is 0 Å². The SMILES string of the molecule is Cc1ccccc1NC(=O)c1sc2nc(SC(C)C(N)=O)[nH]c(=O)c2c1C. The van der Waals surface area contributed by atoms with Crippen LogP contribution in [0.4, 0.5) is 5.69 Å². The number of benzene rings is 1. The molecule has 1 unspecified atom stereocenters. The second kappa shape index (κ2) is 7.53. The van der Waals surface area contributed by atoms with Crippen LogP contribution in [0.2, 0.25) is 0 Å². The Labute approximate surface area is 163 Å². The average molecular weight is 403 g/mol. The fourth-order valence-corrected chi connectivity index (χ4v) is 4.40. The quantitative estimate of drug-likeness (QED) is 0.448. The van der Waals surface area contributed by atoms with E-state index >= 15 is 0 Å². The normalized spacial score (nSPS) is 12.1. The van der Waals surface area contributed by atoms with Gasteiger partial charge in [-0.2, -0.15) is 0 Å². The molecule has 1 atom stereocenters. The van der Waals surface area contributed by atoms with Gasteiger partial charge in [-0.05, 0) is 38.0 Å². The predicted octanol–water partition coefficient (Wildman–Crippen LogP) is 2.82. The predicted molar refractivity (Wildman–Crippen MR) is 109 cm³/mol. The summed E-state index contributed by atoms with van der Waals surface area (Å²) >= 11 is 2.22. The average Bonchev–Trinajstić information content (AvgIpc) is 2.94. The number of thioether (sulfide) groups is 1. The minimum Gasteiger partial charge on any atom is -0.369 e. The molecule has 9 heteroatoms. The van der Waals surface area contributed by atoms with Crippen LogP contribution in [0.15, 0.2) is 34.2 Å². The minimum atomic E-state index is -0.532. The Balaban J connectivity index is 1.98. The monoisotopic (exact) mass is 402 g/mol. The van der Waals surface area contributed by atoms with E-state index in [1.807, 2.05) is 31.2 Å². The number of nitrogens with zero attached hydrogens (tertiary/aromatic N) is 1. The maximum atomic E-state index is 12.7. The number of hydrogen-bond donors (Lipinski definition) is 3. The first-order chi connectivity index (χ1) is 12.8. The van der Waals surface area contributed by atoms with Crippen LogP contribution in [0.3, 0.4) is 0 Å². The number of aromatic nitrogens is 2. The molecule has 0 saturated heterocycles. The highest BCUT2D eigenvalue weighted by Gasteiger charge is 2.21. The van der Waals surface area contributed by atoms with E-state index in [0.717, 1.165) is 28.7 Å². The fraction of sp³-hybridized carbons (Fsp3) is 0.222. The maximum absolute atomic E-state index is 12.7. The van der Waals surface area contributed by atoms with Gasteiger partial charge in [0.15, 0.2) is 5.16 Å². The molecule has 0 spiro atoms.